The summed E-state index contributed by atoms with van der Waals surface area (Å²) < 4.78 is 19.5. The van der Waals surface area contributed by atoms with Crippen molar-refractivity contribution in [1.82, 2.24) is 0 Å². The van der Waals surface area contributed by atoms with Crippen LogP contribution in [0, 0.1) is 0 Å². The number of benzene rings is 1. The molecule has 2 N–H and O–H groups in total. The van der Waals surface area contributed by atoms with E-state index in [9.17, 15) is 9.79 Å². The summed E-state index contributed by atoms with van der Waals surface area (Å²) in [6, 6.07) is 10.0. The van der Waals surface area contributed by atoms with Crippen molar-refractivity contribution in [2.24, 2.45) is 0 Å². The van der Waals surface area contributed by atoms with Crippen molar-refractivity contribution >= 4 is 16.8 Å². The van der Waals surface area contributed by atoms with Crippen LogP contribution < -0.4 is 0 Å². The zero-order valence-corrected chi connectivity index (χ0v) is 13.2. The maximum atomic E-state index is 9.37. The molecule has 2 heterocycles. The Morgan fingerprint density at radius 1 is 1.00 bits per heavy atom. The second kappa shape index (κ2) is 9.31. The molecule has 1 aromatic carbocycles. The third-order valence-electron chi connectivity index (χ3n) is 2.62. The minimum absolute atomic E-state index is 0.243. The first kappa shape index (κ1) is 16.6. The van der Waals surface area contributed by atoms with E-state index < -0.39 is 23.0 Å². The smallest absolute Gasteiger partial charge is 0.229 e. The van der Waals surface area contributed by atoms with Crippen LogP contribution in [-0.4, -0.2) is 28.8 Å². The molecule has 21 heavy (non-hydrogen) atoms. The summed E-state index contributed by atoms with van der Waals surface area (Å²) in [5, 5.41) is 0. The summed E-state index contributed by atoms with van der Waals surface area (Å²) in [4.78, 5) is 18.7. The molecule has 1 aromatic rings. The molecule has 2 atom stereocenters. The van der Waals surface area contributed by atoms with Gasteiger partial charge in [0.15, 0.2) is 23.0 Å². The molecule has 0 radical (unpaired) electrons. The maximum Gasteiger partial charge on any atom is 0.229 e. The van der Waals surface area contributed by atoms with Gasteiger partial charge in [0.1, 0.15) is 12.5 Å². The van der Waals surface area contributed by atoms with Gasteiger partial charge in [-0.1, -0.05) is 30.3 Å². The van der Waals surface area contributed by atoms with Gasteiger partial charge in [-0.05, 0) is 12.0 Å². The standard InChI is InChI=1S/C10H14O4P2.C3H4O2/c11-15-8-16(12)14-10(13-15)7-6-9-4-2-1-3-5-9;1-2-5-3-4-1/h1-5,10-12H,6-8H2;1-2H,3H2. The van der Waals surface area contributed by atoms with E-state index in [1.54, 1.807) is 0 Å². The number of aryl methyl sites for hydroxylation is 1. The van der Waals surface area contributed by atoms with Gasteiger partial charge in [-0.2, -0.15) is 0 Å². The topological polar surface area (TPSA) is 77.4 Å². The minimum atomic E-state index is -1.50. The van der Waals surface area contributed by atoms with Gasteiger partial charge in [0.05, 0.1) is 5.90 Å². The van der Waals surface area contributed by atoms with E-state index >= 15 is 0 Å². The van der Waals surface area contributed by atoms with Crippen molar-refractivity contribution < 1.29 is 28.3 Å². The molecule has 0 spiro atoms. The molecular formula is C13H18O6P2. The van der Waals surface area contributed by atoms with E-state index in [1.807, 2.05) is 30.3 Å². The lowest BCUT2D eigenvalue weighted by molar-refractivity contribution is -0.00356. The molecule has 8 heteroatoms. The quantitative estimate of drug-likeness (QED) is 0.829. The first-order valence-electron chi connectivity index (χ1n) is 6.42. The van der Waals surface area contributed by atoms with Crippen LogP contribution in [0.5, 0.6) is 0 Å². The zero-order valence-electron chi connectivity index (χ0n) is 11.4. The molecular weight excluding hydrogens is 314 g/mol. The summed E-state index contributed by atoms with van der Waals surface area (Å²) in [7, 11) is -2.99. The number of rotatable bonds is 3. The Hall–Kier alpha value is -0.740. The Bertz CT molecular complexity index is 414. The van der Waals surface area contributed by atoms with Gasteiger partial charge < -0.3 is 28.3 Å². The van der Waals surface area contributed by atoms with Crippen LogP contribution in [0.3, 0.4) is 0 Å². The van der Waals surface area contributed by atoms with Crippen LogP contribution in [0.25, 0.3) is 0 Å². The molecule has 0 aromatic heterocycles. The Balaban J connectivity index is 0.000000272. The zero-order chi connectivity index (χ0) is 14.9. The summed E-state index contributed by atoms with van der Waals surface area (Å²) in [5.41, 5.74) is 1.20. The van der Waals surface area contributed by atoms with Gasteiger partial charge in [0, 0.05) is 6.42 Å². The number of ether oxygens (including phenoxy) is 2. The van der Waals surface area contributed by atoms with Gasteiger partial charge in [-0.3, -0.25) is 0 Å². The Morgan fingerprint density at radius 2 is 1.62 bits per heavy atom. The van der Waals surface area contributed by atoms with Crippen molar-refractivity contribution in [3.8, 4) is 0 Å². The average Bonchev–Trinajstić information content (AvgIpc) is 3.05. The molecule has 0 saturated carbocycles. The highest BCUT2D eigenvalue weighted by Gasteiger charge is 2.28. The van der Waals surface area contributed by atoms with Gasteiger partial charge in [0.2, 0.25) is 6.79 Å². The normalized spacial score (nSPS) is 27.2. The van der Waals surface area contributed by atoms with Crippen molar-refractivity contribution in [1.29, 1.82) is 0 Å². The van der Waals surface area contributed by atoms with Gasteiger partial charge in [0.25, 0.3) is 0 Å². The van der Waals surface area contributed by atoms with E-state index in [4.69, 9.17) is 9.05 Å². The second-order valence-corrected chi connectivity index (χ2v) is 7.20. The highest BCUT2D eigenvalue weighted by molar-refractivity contribution is 7.64. The third kappa shape index (κ3) is 6.70. The van der Waals surface area contributed by atoms with Crippen LogP contribution in [-0.2, 0) is 24.9 Å². The molecule has 3 rings (SSSR count). The molecule has 6 nitrogen and oxygen atoms in total. The van der Waals surface area contributed by atoms with Crippen molar-refractivity contribution in [2.45, 2.75) is 19.1 Å². The molecule has 0 bridgehead atoms. The largest absolute Gasteiger partial charge is 0.462 e. The van der Waals surface area contributed by atoms with Crippen molar-refractivity contribution in [2.75, 3.05) is 12.7 Å². The van der Waals surface area contributed by atoms with Gasteiger partial charge in [-0.25, -0.2) is 0 Å². The lowest BCUT2D eigenvalue weighted by Crippen LogP contribution is -2.18. The molecule has 2 aliphatic rings. The van der Waals surface area contributed by atoms with E-state index in [1.165, 1.54) is 18.1 Å². The Morgan fingerprint density at radius 3 is 2.14 bits per heavy atom. The first-order chi connectivity index (χ1) is 10.2. The predicted molar refractivity (Wildman–Crippen MR) is 80.0 cm³/mol. The SMILES string of the molecule is C1=COCO1.OP1CP(O)OC(CCc2ccccc2)O1. The van der Waals surface area contributed by atoms with Crippen LogP contribution in [0.2, 0.25) is 0 Å². The fraction of sp³-hybridized carbons (Fsp3) is 0.385. The van der Waals surface area contributed by atoms with Crippen LogP contribution >= 0.6 is 16.8 Å². The fourth-order valence-corrected chi connectivity index (χ4v) is 3.96. The second-order valence-electron chi connectivity index (χ2n) is 4.23. The lowest BCUT2D eigenvalue weighted by Gasteiger charge is -2.28. The minimum Gasteiger partial charge on any atom is -0.462 e. The molecule has 116 valence electrons. The molecule has 2 unspecified atom stereocenters. The van der Waals surface area contributed by atoms with E-state index in [0.29, 0.717) is 13.2 Å². The highest BCUT2D eigenvalue weighted by atomic mass is 31.2. The Labute approximate surface area is 126 Å². The predicted octanol–water partition coefficient (Wildman–Crippen LogP) is 3.02. The number of hydrogen-bond donors (Lipinski definition) is 2. The molecule has 0 amide bonds. The first-order valence-corrected chi connectivity index (χ1v) is 9.22. The summed E-state index contributed by atoms with van der Waals surface area (Å²) in [6.45, 7) is 0.389. The lowest BCUT2D eigenvalue weighted by atomic mass is 10.1. The van der Waals surface area contributed by atoms with Gasteiger partial charge >= 0.3 is 0 Å². The summed E-state index contributed by atoms with van der Waals surface area (Å²) >= 11 is 0. The highest BCUT2D eigenvalue weighted by Crippen LogP contribution is 2.54. The molecule has 1 saturated heterocycles. The van der Waals surface area contributed by atoms with E-state index in [2.05, 4.69) is 9.47 Å². The Kier molecular flexibility index (Phi) is 7.37. The summed E-state index contributed by atoms with van der Waals surface area (Å²) in [6.07, 6.45) is 4.03. The maximum absolute atomic E-state index is 9.37. The van der Waals surface area contributed by atoms with Crippen LogP contribution in [0.1, 0.15) is 12.0 Å². The molecule has 0 aliphatic carbocycles. The van der Waals surface area contributed by atoms with Crippen molar-refractivity contribution in [3.05, 3.63) is 48.4 Å². The molecule has 1 fully saturated rings. The molecule has 2 aliphatic heterocycles. The van der Waals surface area contributed by atoms with Crippen LogP contribution in [0.15, 0.2) is 42.9 Å². The monoisotopic (exact) mass is 332 g/mol. The third-order valence-corrected chi connectivity index (χ3v) is 5.51. The van der Waals surface area contributed by atoms with E-state index in [0.717, 1.165) is 6.42 Å². The number of hydrogen-bond acceptors (Lipinski definition) is 6. The van der Waals surface area contributed by atoms with Crippen LogP contribution in [0.4, 0.5) is 0 Å². The van der Waals surface area contributed by atoms with Gasteiger partial charge in [-0.15, -0.1) is 0 Å². The fourth-order valence-electron chi connectivity index (χ4n) is 1.69. The summed E-state index contributed by atoms with van der Waals surface area (Å²) in [5.74, 6) is 0.243. The average molecular weight is 332 g/mol. The van der Waals surface area contributed by atoms with E-state index in [-0.39, 0.29) is 5.90 Å². The van der Waals surface area contributed by atoms with Crippen molar-refractivity contribution in [3.63, 3.8) is 0 Å².